The highest BCUT2D eigenvalue weighted by Crippen LogP contribution is 2.23. The van der Waals surface area contributed by atoms with Crippen molar-refractivity contribution in [2.24, 2.45) is 5.73 Å². The summed E-state index contributed by atoms with van der Waals surface area (Å²) >= 11 is 0. The summed E-state index contributed by atoms with van der Waals surface area (Å²) in [6, 6.07) is 13.4. The van der Waals surface area contributed by atoms with E-state index in [2.05, 4.69) is 11.4 Å². The van der Waals surface area contributed by atoms with Gasteiger partial charge >= 0.3 is 0 Å². The summed E-state index contributed by atoms with van der Waals surface area (Å²) in [4.78, 5) is 12.4. The first-order valence-corrected chi connectivity index (χ1v) is 8.12. The Bertz CT molecular complexity index is 686. The lowest BCUT2D eigenvalue weighted by Crippen LogP contribution is -2.14. The van der Waals surface area contributed by atoms with Crippen LogP contribution >= 0.6 is 12.4 Å². The summed E-state index contributed by atoms with van der Waals surface area (Å²) in [5, 5.41) is 2.93. The number of nitrogens with two attached hydrogens (primary N) is 1. The van der Waals surface area contributed by atoms with Gasteiger partial charge in [-0.25, -0.2) is 0 Å². The number of nitrogens with one attached hydrogen (secondary N) is 1. The molecular weight excluding hydrogens is 324 g/mol. The predicted molar refractivity (Wildman–Crippen MR) is 99.3 cm³/mol. The Hall–Kier alpha value is -2.04. The van der Waals surface area contributed by atoms with Gasteiger partial charge in [-0.15, -0.1) is 12.4 Å². The summed E-state index contributed by atoms with van der Waals surface area (Å²) in [5.41, 5.74) is 9.57. The minimum absolute atomic E-state index is 0. The van der Waals surface area contributed by atoms with Gasteiger partial charge in [0.25, 0.3) is 5.91 Å². The molecule has 2 aromatic rings. The van der Waals surface area contributed by atoms with Crippen molar-refractivity contribution in [3.8, 4) is 5.75 Å². The number of fused-ring (bicyclic) bond motifs is 1. The molecule has 0 atom stereocenters. The van der Waals surface area contributed by atoms with E-state index in [0.717, 1.165) is 24.3 Å². The quantitative estimate of drug-likeness (QED) is 0.869. The normalized spacial score (nSPS) is 12.7. The van der Waals surface area contributed by atoms with E-state index in [-0.39, 0.29) is 18.3 Å². The fourth-order valence-corrected chi connectivity index (χ4v) is 2.89. The lowest BCUT2D eigenvalue weighted by atomic mass is 9.90. The second-order valence-corrected chi connectivity index (χ2v) is 5.81. The first-order valence-electron chi connectivity index (χ1n) is 8.12. The highest BCUT2D eigenvalue weighted by molar-refractivity contribution is 6.04. The number of amides is 1. The summed E-state index contributed by atoms with van der Waals surface area (Å²) in [5.74, 6) is 0.677. The van der Waals surface area contributed by atoms with E-state index in [0.29, 0.717) is 18.7 Å². The first-order chi connectivity index (χ1) is 11.3. The molecule has 0 saturated carbocycles. The molecule has 0 unspecified atom stereocenters. The third-order valence-electron chi connectivity index (χ3n) is 4.11. The minimum atomic E-state index is -0.0750. The van der Waals surface area contributed by atoms with Crippen LogP contribution in [0, 0.1) is 0 Å². The van der Waals surface area contributed by atoms with E-state index >= 15 is 0 Å². The Morgan fingerprint density at radius 2 is 1.75 bits per heavy atom. The van der Waals surface area contributed by atoms with Crippen LogP contribution in [0.15, 0.2) is 42.5 Å². The SMILES string of the molecule is Cl.NCCOc1ccc(NC(=O)c2ccc3c(c2)CCCC3)cc1. The summed E-state index contributed by atoms with van der Waals surface area (Å²) in [6.07, 6.45) is 4.66. The molecule has 2 aromatic carbocycles. The van der Waals surface area contributed by atoms with Crippen LogP contribution in [0.3, 0.4) is 0 Å². The van der Waals surface area contributed by atoms with Crippen molar-refractivity contribution in [3.63, 3.8) is 0 Å². The Labute approximate surface area is 148 Å². The van der Waals surface area contributed by atoms with E-state index in [1.165, 1.54) is 24.0 Å². The van der Waals surface area contributed by atoms with Crippen molar-refractivity contribution in [2.75, 3.05) is 18.5 Å². The monoisotopic (exact) mass is 346 g/mol. The molecule has 0 saturated heterocycles. The molecule has 0 heterocycles. The topological polar surface area (TPSA) is 64.3 Å². The van der Waals surface area contributed by atoms with Gasteiger partial charge in [-0.05, 0) is 73.2 Å². The predicted octanol–water partition coefficient (Wildman–Crippen LogP) is 3.58. The van der Waals surface area contributed by atoms with Gasteiger partial charge in [-0.3, -0.25) is 4.79 Å². The molecule has 0 radical (unpaired) electrons. The standard InChI is InChI=1S/C19H22N2O2.ClH/c20-11-12-23-18-9-7-17(8-10-18)21-19(22)16-6-5-14-3-1-2-4-15(14)13-16;/h5-10,13H,1-4,11-12,20H2,(H,21,22);1H. The van der Waals surface area contributed by atoms with Crippen LogP contribution in [0.4, 0.5) is 5.69 Å². The molecule has 0 aliphatic heterocycles. The molecule has 0 aromatic heterocycles. The maximum atomic E-state index is 12.4. The smallest absolute Gasteiger partial charge is 0.255 e. The van der Waals surface area contributed by atoms with E-state index in [1.807, 2.05) is 36.4 Å². The fourth-order valence-electron chi connectivity index (χ4n) is 2.89. The zero-order valence-corrected chi connectivity index (χ0v) is 14.4. The first kappa shape index (κ1) is 18.3. The van der Waals surface area contributed by atoms with Gasteiger partial charge in [0.05, 0.1) is 0 Å². The molecule has 128 valence electrons. The van der Waals surface area contributed by atoms with Gasteiger partial charge in [0.1, 0.15) is 12.4 Å². The van der Waals surface area contributed by atoms with Crippen LogP contribution in [-0.2, 0) is 12.8 Å². The molecule has 1 aliphatic rings. The lowest BCUT2D eigenvalue weighted by Gasteiger charge is -2.16. The summed E-state index contributed by atoms with van der Waals surface area (Å²) in [7, 11) is 0. The molecule has 0 bridgehead atoms. The molecule has 4 nitrogen and oxygen atoms in total. The van der Waals surface area contributed by atoms with E-state index in [9.17, 15) is 4.79 Å². The largest absolute Gasteiger partial charge is 0.492 e. The van der Waals surface area contributed by atoms with E-state index in [1.54, 1.807) is 0 Å². The summed E-state index contributed by atoms with van der Waals surface area (Å²) in [6.45, 7) is 0.970. The zero-order chi connectivity index (χ0) is 16.1. The number of ether oxygens (including phenoxy) is 1. The van der Waals surface area contributed by atoms with Gasteiger partial charge < -0.3 is 15.8 Å². The van der Waals surface area contributed by atoms with Gasteiger partial charge in [0.15, 0.2) is 0 Å². The number of carbonyl (C=O) groups is 1. The van der Waals surface area contributed by atoms with Crippen LogP contribution < -0.4 is 15.8 Å². The molecule has 0 spiro atoms. The van der Waals surface area contributed by atoms with Crippen molar-refractivity contribution in [2.45, 2.75) is 25.7 Å². The lowest BCUT2D eigenvalue weighted by molar-refractivity contribution is 0.102. The fraction of sp³-hybridized carbons (Fsp3) is 0.316. The highest BCUT2D eigenvalue weighted by atomic mass is 35.5. The van der Waals surface area contributed by atoms with Crippen molar-refractivity contribution < 1.29 is 9.53 Å². The molecule has 1 amide bonds. The van der Waals surface area contributed by atoms with Crippen molar-refractivity contribution in [1.82, 2.24) is 0 Å². The van der Waals surface area contributed by atoms with Gasteiger partial charge in [0.2, 0.25) is 0 Å². The second-order valence-electron chi connectivity index (χ2n) is 5.81. The Balaban J connectivity index is 0.00000208. The highest BCUT2D eigenvalue weighted by Gasteiger charge is 2.13. The number of aryl methyl sites for hydroxylation is 2. The third kappa shape index (κ3) is 4.49. The van der Waals surface area contributed by atoms with Crippen molar-refractivity contribution >= 4 is 24.0 Å². The number of carbonyl (C=O) groups excluding carboxylic acids is 1. The number of rotatable bonds is 5. The average Bonchev–Trinajstić information content (AvgIpc) is 2.60. The molecule has 3 rings (SSSR count). The molecular formula is C19H23ClN2O2. The third-order valence-corrected chi connectivity index (χ3v) is 4.11. The molecule has 24 heavy (non-hydrogen) atoms. The zero-order valence-electron chi connectivity index (χ0n) is 13.6. The Morgan fingerprint density at radius 3 is 2.46 bits per heavy atom. The van der Waals surface area contributed by atoms with Crippen molar-refractivity contribution in [1.29, 1.82) is 0 Å². The molecule has 5 heteroatoms. The maximum Gasteiger partial charge on any atom is 0.255 e. The number of anilines is 1. The minimum Gasteiger partial charge on any atom is -0.492 e. The van der Waals surface area contributed by atoms with Crippen LogP contribution in [0.1, 0.15) is 34.3 Å². The number of hydrogen-bond donors (Lipinski definition) is 2. The Morgan fingerprint density at radius 1 is 1.04 bits per heavy atom. The molecule has 1 aliphatic carbocycles. The van der Waals surface area contributed by atoms with Crippen LogP contribution in [0.25, 0.3) is 0 Å². The number of hydrogen-bond acceptors (Lipinski definition) is 3. The van der Waals surface area contributed by atoms with Gasteiger partial charge in [-0.1, -0.05) is 6.07 Å². The van der Waals surface area contributed by atoms with Crippen LogP contribution in [0.5, 0.6) is 5.75 Å². The van der Waals surface area contributed by atoms with Crippen LogP contribution in [-0.4, -0.2) is 19.1 Å². The molecule has 0 fully saturated rings. The van der Waals surface area contributed by atoms with Gasteiger partial charge in [-0.2, -0.15) is 0 Å². The number of benzene rings is 2. The number of halogens is 1. The van der Waals surface area contributed by atoms with E-state index in [4.69, 9.17) is 10.5 Å². The van der Waals surface area contributed by atoms with E-state index < -0.39 is 0 Å². The summed E-state index contributed by atoms with van der Waals surface area (Å²) < 4.78 is 5.42. The van der Waals surface area contributed by atoms with Crippen LogP contribution in [0.2, 0.25) is 0 Å². The molecule has 3 N–H and O–H groups in total. The van der Waals surface area contributed by atoms with Gasteiger partial charge in [0, 0.05) is 17.8 Å². The Kier molecular flexibility index (Phi) is 6.64. The van der Waals surface area contributed by atoms with Crippen molar-refractivity contribution in [3.05, 3.63) is 59.2 Å². The second kappa shape index (κ2) is 8.71. The average molecular weight is 347 g/mol. The maximum absolute atomic E-state index is 12.4.